The Morgan fingerprint density at radius 2 is 2.24 bits per heavy atom. The Bertz CT molecular complexity index is 462. The molecule has 0 aliphatic rings. The number of hydrogen-bond acceptors (Lipinski definition) is 6. The lowest BCUT2D eigenvalue weighted by Gasteiger charge is -2.12. The van der Waals surface area contributed by atoms with Crippen molar-refractivity contribution in [3.8, 4) is 5.88 Å². The first-order valence-electron chi connectivity index (χ1n) is 5.31. The van der Waals surface area contributed by atoms with Crippen LogP contribution in [-0.4, -0.2) is 43.0 Å². The minimum absolute atomic E-state index is 0.0369. The summed E-state index contributed by atoms with van der Waals surface area (Å²) in [6.07, 6.45) is 2.76. The maximum absolute atomic E-state index is 11.1. The highest BCUT2D eigenvalue weighted by Crippen LogP contribution is 2.09. The van der Waals surface area contributed by atoms with E-state index in [4.69, 9.17) is 4.74 Å². The topological polar surface area (TPSA) is 81.2 Å². The van der Waals surface area contributed by atoms with E-state index in [0.717, 1.165) is 0 Å². The smallest absolute Gasteiger partial charge is 0.226 e. The van der Waals surface area contributed by atoms with Crippen LogP contribution in [0.2, 0.25) is 0 Å². The zero-order chi connectivity index (χ0) is 12.9. The third-order valence-corrected chi connectivity index (χ3v) is 2.96. The molecule has 1 heterocycles. The van der Waals surface area contributed by atoms with E-state index in [2.05, 4.69) is 15.3 Å². The molecule has 96 valence electrons. The van der Waals surface area contributed by atoms with Crippen molar-refractivity contribution in [3.05, 3.63) is 12.3 Å². The molecule has 0 radical (unpaired) electrons. The summed E-state index contributed by atoms with van der Waals surface area (Å²) < 4.78 is 27.4. The van der Waals surface area contributed by atoms with Crippen molar-refractivity contribution in [2.24, 2.45) is 0 Å². The van der Waals surface area contributed by atoms with Crippen molar-refractivity contribution in [2.75, 3.05) is 23.9 Å². The summed E-state index contributed by atoms with van der Waals surface area (Å²) in [4.78, 5) is 8.09. The zero-order valence-electron chi connectivity index (χ0n) is 10.2. The van der Waals surface area contributed by atoms with Gasteiger partial charge in [-0.2, -0.15) is 4.98 Å². The second kappa shape index (κ2) is 5.81. The number of rotatable bonds is 6. The zero-order valence-corrected chi connectivity index (χ0v) is 11.0. The fourth-order valence-corrected chi connectivity index (χ4v) is 2.35. The predicted molar refractivity (Wildman–Crippen MR) is 66.0 cm³/mol. The average molecular weight is 259 g/mol. The molecule has 7 heteroatoms. The van der Waals surface area contributed by atoms with Gasteiger partial charge in [0, 0.05) is 24.6 Å². The van der Waals surface area contributed by atoms with Crippen LogP contribution in [0.3, 0.4) is 0 Å². The number of hydrogen-bond donors (Lipinski definition) is 1. The molecule has 1 aromatic heterocycles. The monoisotopic (exact) mass is 259 g/mol. The number of nitrogens with zero attached hydrogens (tertiary/aromatic N) is 2. The number of sulfone groups is 1. The fourth-order valence-electron chi connectivity index (χ4n) is 1.36. The normalized spacial score (nSPS) is 13.1. The number of nitrogens with one attached hydrogen (secondary N) is 1. The van der Waals surface area contributed by atoms with Gasteiger partial charge in [-0.05, 0) is 13.8 Å². The lowest BCUT2D eigenvalue weighted by Crippen LogP contribution is -2.26. The summed E-state index contributed by atoms with van der Waals surface area (Å²) >= 11 is 0. The molecule has 6 nitrogen and oxygen atoms in total. The van der Waals surface area contributed by atoms with E-state index >= 15 is 0 Å². The van der Waals surface area contributed by atoms with E-state index in [9.17, 15) is 8.42 Å². The maximum Gasteiger partial charge on any atom is 0.226 e. The van der Waals surface area contributed by atoms with Crippen LogP contribution in [-0.2, 0) is 9.84 Å². The van der Waals surface area contributed by atoms with Crippen LogP contribution < -0.4 is 10.1 Å². The quantitative estimate of drug-likeness (QED) is 0.810. The Hall–Kier alpha value is -1.37. The van der Waals surface area contributed by atoms with Crippen LogP contribution in [0, 0.1) is 0 Å². The average Bonchev–Trinajstić information content (AvgIpc) is 2.15. The third kappa shape index (κ3) is 5.48. The highest BCUT2D eigenvalue weighted by Gasteiger charge is 2.11. The Morgan fingerprint density at radius 1 is 1.53 bits per heavy atom. The van der Waals surface area contributed by atoms with Gasteiger partial charge in [0.2, 0.25) is 11.8 Å². The van der Waals surface area contributed by atoms with Crippen molar-refractivity contribution in [3.63, 3.8) is 0 Å². The molecule has 17 heavy (non-hydrogen) atoms. The molecule has 1 N–H and O–H groups in total. The molecule has 0 aliphatic carbocycles. The number of anilines is 1. The van der Waals surface area contributed by atoms with Crippen LogP contribution in [0.4, 0.5) is 5.95 Å². The standard InChI is InChI=1S/C10H17N3O3S/c1-4-16-9-5-6-11-10(13-9)12-8(2)7-17(3,14)15/h5-6,8H,4,7H2,1-3H3,(H,11,12,13). The molecule has 1 unspecified atom stereocenters. The Kier molecular flexibility index (Phi) is 4.68. The van der Waals surface area contributed by atoms with Crippen molar-refractivity contribution >= 4 is 15.8 Å². The van der Waals surface area contributed by atoms with Gasteiger partial charge in [-0.1, -0.05) is 0 Å². The Labute approximate surface area is 101 Å². The SMILES string of the molecule is CCOc1ccnc(NC(C)CS(C)(=O)=O)n1. The Balaban J connectivity index is 2.65. The van der Waals surface area contributed by atoms with Gasteiger partial charge in [-0.3, -0.25) is 0 Å². The molecule has 0 bridgehead atoms. The molecular formula is C10H17N3O3S. The van der Waals surface area contributed by atoms with Crippen molar-refractivity contribution in [1.29, 1.82) is 0 Å². The second-order valence-corrected chi connectivity index (χ2v) is 5.97. The number of aromatic nitrogens is 2. The van der Waals surface area contributed by atoms with Gasteiger partial charge < -0.3 is 10.1 Å². The van der Waals surface area contributed by atoms with Gasteiger partial charge in [0.25, 0.3) is 0 Å². The second-order valence-electron chi connectivity index (χ2n) is 3.79. The molecule has 0 aliphatic heterocycles. The summed E-state index contributed by atoms with van der Waals surface area (Å²) in [5.41, 5.74) is 0. The van der Waals surface area contributed by atoms with Crippen molar-refractivity contribution < 1.29 is 13.2 Å². The van der Waals surface area contributed by atoms with Crippen molar-refractivity contribution in [2.45, 2.75) is 19.9 Å². The van der Waals surface area contributed by atoms with E-state index in [1.807, 2.05) is 6.92 Å². The molecule has 1 atom stereocenters. The van der Waals surface area contributed by atoms with Gasteiger partial charge >= 0.3 is 0 Å². The predicted octanol–water partition coefficient (Wildman–Crippen LogP) is 0.720. The third-order valence-electron chi connectivity index (χ3n) is 1.85. The summed E-state index contributed by atoms with van der Waals surface area (Å²) in [6.45, 7) is 4.15. The van der Waals surface area contributed by atoms with Gasteiger partial charge in [0.05, 0.1) is 12.4 Å². The summed E-state index contributed by atoms with van der Waals surface area (Å²) in [6, 6.07) is 1.40. The van der Waals surface area contributed by atoms with Crippen LogP contribution in [0.1, 0.15) is 13.8 Å². The minimum atomic E-state index is -3.01. The highest BCUT2D eigenvalue weighted by molar-refractivity contribution is 7.90. The van der Waals surface area contributed by atoms with E-state index in [1.165, 1.54) is 6.26 Å². The van der Waals surface area contributed by atoms with Crippen LogP contribution in [0.5, 0.6) is 5.88 Å². The molecule has 0 saturated heterocycles. The molecule has 1 rings (SSSR count). The molecule has 1 aromatic rings. The largest absolute Gasteiger partial charge is 0.478 e. The summed E-state index contributed by atoms with van der Waals surface area (Å²) in [5, 5.41) is 2.92. The molecular weight excluding hydrogens is 242 g/mol. The van der Waals surface area contributed by atoms with Crippen LogP contribution in [0.25, 0.3) is 0 Å². The lowest BCUT2D eigenvalue weighted by molar-refractivity contribution is 0.326. The molecule has 0 aromatic carbocycles. The molecule has 0 spiro atoms. The van der Waals surface area contributed by atoms with Gasteiger partial charge in [0.15, 0.2) is 0 Å². The number of ether oxygens (including phenoxy) is 1. The Morgan fingerprint density at radius 3 is 2.82 bits per heavy atom. The first-order valence-corrected chi connectivity index (χ1v) is 7.37. The first kappa shape index (κ1) is 13.7. The lowest BCUT2D eigenvalue weighted by atomic mass is 10.4. The summed E-state index contributed by atoms with van der Waals surface area (Å²) in [7, 11) is -3.01. The minimum Gasteiger partial charge on any atom is -0.478 e. The molecule has 0 fully saturated rings. The first-order chi connectivity index (χ1) is 7.90. The van der Waals surface area contributed by atoms with E-state index in [0.29, 0.717) is 18.4 Å². The van der Waals surface area contributed by atoms with Gasteiger partial charge in [-0.15, -0.1) is 0 Å². The van der Waals surface area contributed by atoms with Gasteiger partial charge in [-0.25, -0.2) is 13.4 Å². The van der Waals surface area contributed by atoms with Crippen LogP contribution in [0.15, 0.2) is 12.3 Å². The molecule has 0 amide bonds. The fraction of sp³-hybridized carbons (Fsp3) is 0.600. The van der Waals surface area contributed by atoms with E-state index in [1.54, 1.807) is 19.2 Å². The highest BCUT2D eigenvalue weighted by atomic mass is 32.2. The van der Waals surface area contributed by atoms with E-state index < -0.39 is 9.84 Å². The summed E-state index contributed by atoms with van der Waals surface area (Å²) in [5.74, 6) is 0.874. The van der Waals surface area contributed by atoms with E-state index in [-0.39, 0.29) is 11.8 Å². The van der Waals surface area contributed by atoms with Crippen molar-refractivity contribution in [1.82, 2.24) is 9.97 Å². The van der Waals surface area contributed by atoms with Gasteiger partial charge in [0.1, 0.15) is 9.84 Å². The molecule has 0 saturated carbocycles. The maximum atomic E-state index is 11.1. The van der Waals surface area contributed by atoms with Crippen LogP contribution >= 0.6 is 0 Å².